The quantitative estimate of drug-likeness (QED) is 0.263. The summed E-state index contributed by atoms with van der Waals surface area (Å²) in [5.74, 6) is 0.244. The second kappa shape index (κ2) is 10.3. The highest BCUT2D eigenvalue weighted by Crippen LogP contribution is 2.46. The molecular formula is C26H25Cl2N5O4S. The molecule has 0 amide bonds. The first-order valence-corrected chi connectivity index (χ1v) is 14.0. The molecule has 0 bridgehead atoms. The molecule has 1 aliphatic carbocycles. The Morgan fingerprint density at radius 2 is 1.92 bits per heavy atom. The Morgan fingerprint density at radius 1 is 1.18 bits per heavy atom. The molecule has 2 aliphatic rings. The van der Waals surface area contributed by atoms with Crippen LogP contribution < -0.4 is 4.90 Å². The maximum absolute atomic E-state index is 11.3. The minimum atomic E-state index is -1.01. The minimum Gasteiger partial charge on any atom is -0.477 e. The van der Waals surface area contributed by atoms with Crippen LogP contribution in [0.1, 0.15) is 53.4 Å². The number of halogens is 2. The molecule has 4 heterocycles. The number of hydrogen-bond donors (Lipinski definition) is 1. The Bertz CT molecular complexity index is 1470. The summed E-state index contributed by atoms with van der Waals surface area (Å²) in [6, 6.07) is 6.97. The number of carboxylic acid groups (broad SMARTS) is 1. The van der Waals surface area contributed by atoms with Crippen molar-refractivity contribution in [3.8, 4) is 22.6 Å². The van der Waals surface area contributed by atoms with Crippen molar-refractivity contribution in [2.45, 2.75) is 44.3 Å². The van der Waals surface area contributed by atoms with Gasteiger partial charge in [-0.25, -0.2) is 9.78 Å². The predicted octanol–water partition coefficient (Wildman–Crippen LogP) is 6.27. The van der Waals surface area contributed by atoms with Crippen LogP contribution in [0.15, 0.2) is 34.2 Å². The molecular weight excluding hydrogens is 549 g/mol. The number of anilines is 1. The molecule has 1 aliphatic heterocycles. The van der Waals surface area contributed by atoms with Gasteiger partial charge < -0.3 is 19.3 Å². The van der Waals surface area contributed by atoms with E-state index in [1.165, 1.54) is 16.0 Å². The van der Waals surface area contributed by atoms with Gasteiger partial charge in [0.2, 0.25) is 0 Å². The number of hydrogen-bond acceptors (Lipinski definition) is 8. The zero-order chi connectivity index (χ0) is 26.4. The molecule has 2 fully saturated rings. The topological polar surface area (TPSA) is 107 Å². The van der Waals surface area contributed by atoms with E-state index in [1.54, 1.807) is 25.2 Å². The highest BCUT2D eigenvalue weighted by molar-refractivity contribution is 7.14. The van der Waals surface area contributed by atoms with Gasteiger partial charge >= 0.3 is 5.97 Å². The number of benzene rings is 1. The van der Waals surface area contributed by atoms with Gasteiger partial charge in [-0.3, -0.25) is 4.68 Å². The lowest BCUT2D eigenvalue weighted by atomic mass is 10.0. The lowest BCUT2D eigenvalue weighted by Gasteiger charge is -2.31. The number of carboxylic acids is 1. The molecule has 12 heteroatoms. The van der Waals surface area contributed by atoms with E-state index >= 15 is 0 Å². The van der Waals surface area contributed by atoms with Crippen LogP contribution in [0.5, 0.6) is 0 Å². The Labute approximate surface area is 232 Å². The first kappa shape index (κ1) is 25.4. The van der Waals surface area contributed by atoms with Crippen LogP contribution >= 0.6 is 34.5 Å². The van der Waals surface area contributed by atoms with Gasteiger partial charge in [-0.15, -0.1) is 11.3 Å². The van der Waals surface area contributed by atoms with Crippen molar-refractivity contribution in [2.24, 2.45) is 7.05 Å². The van der Waals surface area contributed by atoms with Gasteiger partial charge in [0.05, 0.1) is 22.8 Å². The first-order chi connectivity index (χ1) is 18.4. The standard InChI is InChI=1S/C26H25Cl2N5O4S/c1-32-21(25(34)35)11-19(30-32)20-13-38-26(29-20)33-9-7-15(8-10-33)36-12-16-23(31-37-24(16)14-5-6-14)22-17(27)3-2-4-18(22)28/h2-4,11,13-15H,5-10,12H2,1H3,(H,34,35). The van der Waals surface area contributed by atoms with Gasteiger partial charge in [0.25, 0.3) is 0 Å². The number of aromatic carboxylic acids is 1. The maximum atomic E-state index is 11.3. The number of thiazole rings is 1. The van der Waals surface area contributed by atoms with Crippen molar-refractivity contribution in [2.75, 3.05) is 18.0 Å². The van der Waals surface area contributed by atoms with Gasteiger partial charge in [0, 0.05) is 48.6 Å². The molecule has 198 valence electrons. The van der Waals surface area contributed by atoms with Crippen molar-refractivity contribution in [1.82, 2.24) is 19.9 Å². The molecule has 3 aromatic heterocycles. The van der Waals surface area contributed by atoms with Crippen molar-refractivity contribution < 1.29 is 19.2 Å². The Kier molecular flexibility index (Phi) is 6.90. The summed E-state index contributed by atoms with van der Waals surface area (Å²) in [4.78, 5) is 18.3. The van der Waals surface area contributed by atoms with Crippen molar-refractivity contribution in [3.05, 3.63) is 56.7 Å². The second-order valence-corrected chi connectivity index (χ2v) is 11.3. The van der Waals surface area contributed by atoms with Gasteiger partial charge in [0.15, 0.2) is 5.13 Å². The van der Waals surface area contributed by atoms with Crippen molar-refractivity contribution in [3.63, 3.8) is 0 Å². The SMILES string of the molecule is Cn1nc(-c2csc(N3CCC(OCc4c(-c5c(Cl)cccc5Cl)noc4C4CC4)CC3)n2)cc1C(=O)O. The van der Waals surface area contributed by atoms with Crippen LogP contribution in [0, 0.1) is 0 Å². The molecule has 38 heavy (non-hydrogen) atoms. The molecule has 0 spiro atoms. The summed E-state index contributed by atoms with van der Waals surface area (Å²) < 4.78 is 13.5. The van der Waals surface area contributed by atoms with E-state index in [4.69, 9.17) is 37.4 Å². The molecule has 0 atom stereocenters. The summed E-state index contributed by atoms with van der Waals surface area (Å²) in [7, 11) is 1.62. The number of ether oxygens (including phenoxy) is 1. The molecule has 1 N–H and O–H groups in total. The van der Waals surface area contributed by atoms with E-state index in [2.05, 4.69) is 15.2 Å². The average molecular weight is 574 g/mol. The van der Waals surface area contributed by atoms with E-state index < -0.39 is 5.97 Å². The highest BCUT2D eigenvalue weighted by Gasteiger charge is 2.34. The average Bonchev–Trinajstić information content (AvgIpc) is 3.29. The van der Waals surface area contributed by atoms with Gasteiger partial charge in [0.1, 0.15) is 28.5 Å². The van der Waals surface area contributed by atoms with E-state index in [0.29, 0.717) is 45.2 Å². The van der Waals surface area contributed by atoms with E-state index in [1.807, 2.05) is 11.4 Å². The van der Waals surface area contributed by atoms with E-state index in [0.717, 1.165) is 55.2 Å². The number of piperidine rings is 1. The first-order valence-electron chi connectivity index (χ1n) is 12.4. The van der Waals surface area contributed by atoms with Gasteiger partial charge in [-0.05, 0) is 37.8 Å². The Balaban J connectivity index is 1.11. The Hall–Kier alpha value is -2.92. The largest absolute Gasteiger partial charge is 0.477 e. The third-order valence-electron chi connectivity index (χ3n) is 7.00. The number of aryl methyl sites for hydroxylation is 1. The Morgan fingerprint density at radius 3 is 2.58 bits per heavy atom. The zero-order valence-electron chi connectivity index (χ0n) is 20.6. The molecule has 0 unspecified atom stereocenters. The highest BCUT2D eigenvalue weighted by atomic mass is 35.5. The third kappa shape index (κ3) is 4.93. The maximum Gasteiger partial charge on any atom is 0.354 e. The monoisotopic (exact) mass is 573 g/mol. The second-order valence-electron chi connectivity index (χ2n) is 9.60. The minimum absolute atomic E-state index is 0.0936. The molecule has 9 nitrogen and oxygen atoms in total. The fraction of sp³-hybridized carbons (Fsp3) is 0.385. The molecule has 1 saturated carbocycles. The lowest BCUT2D eigenvalue weighted by Crippen LogP contribution is -2.37. The summed E-state index contributed by atoms with van der Waals surface area (Å²) in [5, 5.41) is 21.8. The van der Waals surface area contributed by atoms with Gasteiger partial charge in [-0.2, -0.15) is 5.10 Å². The number of carbonyl (C=O) groups is 1. The summed E-state index contributed by atoms with van der Waals surface area (Å²) in [6.45, 7) is 2.01. The van der Waals surface area contributed by atoms with Crippen LogP contribution in [0.4, 0.5) is 5.13 Å². The molecule has 0 radical (unpaired) electrons. The van der Waals surface area contributed by atoms with Crippen LogP contribution in [0.3, 0.4) is 0 Å². The molecule has 1 aromatic carbocycles. The van der Waals surface area contributed by atoms with Crippen LogP contribution in [0.2, 0.25) is 10.0 Å². The van der Waals surface area contributed by atoms with Crippen molar-refractivity contribution >= 4 is 45.6 Å². The third-order valence-corrected chi connectivity index (χ3v) is 8.53. The lowest BCUT2D eigenvalue weighted by molar-refractivity contribution is 0.0246. The van der Waals surface area contributed by atoms with Crippen LogP contribution in [0.25, 0.3) is 22.6 Å². The summed E-state index contributed by atoms with van der Waals surface area (Å²) in [6.07, 6.45) is 3.97. The number of rotatable bonds is 8. The van der Waals surface area contributed by atoms with Crippen molar-refractivity contribution in [1.29, 1.82) is 0 Å². The number of nitrogens with zero attached hydrogens (tertiary/aromatic N) is 5. The normalized spacial score (nSPS) is 16.3. The molecule has 4 aromatic rings. The zero-order valence-corrected chi connectivity index (χ0v) is 22.9. The molecule has 1 saturated heterocycles. The molecule has 6 rings (SSSR count). The fourth-order valence-corrected chi connectivity index (χ4v) is 6.23. The summed E-state index contributed by atoms with van der Waals surface area (Å²) >= 11 is 14.5. The van der Waals surface area contributed by atoms with Crippen LogP contribution in [-0.4, -0.2) is 50.2 Å². The van der Waals surface area contributed by atoms with Crippen LogP contribution in [-0.2, 0) is 18.4 Å². The van der Waals surface area contributed by atoms with E-state index in [-0.39, 0.29) is 11.8 Å². The van der Waals surface area contributed by atoms with Gasteiger partial charge in [-0.1, -0.05) is 34.4 Å². The number of aromatic nitrogens is 4. The predicted molar refractivity (Wildman–Crippen MR) is 145 cm³/mol. The fourth-order valence-electron chi connectivity index (χ4n) is 4.78. The smallest absolute Gasteiger partial charge is 0.354 e. The van der Waals surface area contributed by atoms with E-state index in [9.17, 15) is 9.90 Å². The summed E-state index contributed by atoms with van der Waals surface area (Å²) in [5.41, 5.74) is 3.65.